The van der Waals surface area contributed by atoms with E-state index in [2.05, 4.69) is 30.4 Å². The average molecular weight is 283 g/mol. The van der Waals surface area contributed by atoms with Crippen LogP contribution in [0.25, 0.3) is 0 Å². The highest BCUT2D eigenvalue weighted by molar-refractivity contribution is 5.91. The molecule has 2 aromatic rings. The minimum absolute atomic E-state index is 0.297. The molecule has 0 radical (unpaired) electrons. The molecule has 0 amide bonds. The quantitative estimate of drug-likeness (QED) is 0.813. The number of carbonyl (C=O) groups is 1. The van der Waals surface area contributed by atoms with E-state index >= 15 is 0 Å². The Bertz CT molecular complexity index is 608. The molecular formula is C18H21NO2. The molecule has 21 heavy (non-hydrogen) atoms. The van der Waals surface area contributed by atoms with Gasteiger partial charge >= 0.3 is 5.97 Å². The summed E-state index contributed by atoms with van der Waals surface area (Å²) in [6.07, 6.45) is 2.15. The Morgan fingerprint density at radius 1 is 1.05 bits per heavy atom. The smallest absolute Gasteiger partial charge is 0.338 e. The van der Waals surface area contributed by atoms with Crippen molar-refractivity contribution in [2.75, 3.05) is 12.4 Å². The SMILES string of the molecule is CCCc1ccccc1NCc1ccccc1C(=O)OC. The van der Waals surface area contributed by atoms with Crippen molar-refractivity contribution in [1.29, 1.82) is 0 Å². The zero-order valence-corrected chi connectivity index (χ0v) is 12.6. The molecule has 0 aliphatic carbocycles. The maximum atomic E-state index is 11.8. The van der Waals surface area contributed by atoms with Gasteiger partial charge in [0.15, 0.2) is 0 Å². The summed E-state index contributed by atoms with van der Waals surface area (Å²) in [5.41, 5.74) is 3.98. The highest BCUT2D eigenvalue weighted by Crippen LogP contribution is 2.19. The van der Waals surface area contributed by atoms with E-state index in [0.717, 1.165) is 24.1 Å². The first-order chi connectivity index (χ1) is 10.3. The molecule has 1 N–H and O–H groups in total. The number of rotatable bonds is 6. The molecule has 0 unspecified atom stereocenters. The molecule has 0 aliphatic heterocycles. The fourth-order valence-corrected chi connectivity index (χ4v) is 2.35. The summed E-state index contributed by atoms with van der Waals surface area (Å²) in [5.74, 6) is -0.297. The number of benzene rings is 2. The number of para-hydroxylation sites is 1. The highest BCUT2D eigenvalue weighted by Gasteiger charge is 2.10. The Kier molecular flexibility index (Phi) is 5.38. The molecule has 2 aromatic carbocycles. The Hall–Kier alpha value is -2.29. The molecule has 0 heterocycles. The van der Waals surface area contributed by atoms with Gasteiger partial charge in [0, 0.05) is 12.2 Å². The summed E-state index contributed by atoms with van der Waals surface area (Å²) in [6, 6.07) is 15.8. The van der Waals surface area contributed by atoms with E-state index in [9.17, 15) is 4.79 Å². The molecule has 0 fully saturated rings. The largest absolute Gasteiger partial charge is 0.465 e. The van der Waals surface area contributed by atoms with Gasteiger partial charge in [0.05, 0.1) is 12.7 Å². The average Bonchev–Trinajstić information content (AvgIpc) is 2.54. The Morgan fingerprint density at radius 2 is 1.71 bits per heavy atom. The van der Waals surface area contributed by atoms with E-state index in [-0.39, 0.29) is 5.97 Å². The topological polar surface area (TPSA) is 38.3 Å². The first-order valence-electron chi connectivity index (χ1n) is 7.24. The minimum atomic E-state index is -0.297. The normalized spacial score (nSPS) is 10.2. The highest BCUT2D eigenvalue weighted by atomic mass is 16.5. The van der Waals surface area contributed by atoms with Gasteiger partial charge in [-0.05, 0) is 29.7 Å². The van der Waals surface area contributed by atoms with Crippen LogP contribution in [0.2, 0.25) is 0 Å². The lowest BCUT2D eigenvalue weighted by atomic mass is 10.1. The second-order valence-corrected chi connectivity index (χ2v) is 4.91. The van der Waals surface area contributed by atoms with Crippen LogP contribution in [0.15, 0.2) is 48.5 Å². The van der Waals surface area contributed by atoms with E-state index in [0.29, 0.717) is 12.1 Å². The molecule has 0 aromatic heterocycles. The number of nitrogens with one attached hydrogen (secondary N) is 1. The van der Waals surface area contributed by atoms with Crippen molar-refractivity contribution in [3.8, 4) is 0 Å². The van der Waals surface area contributed by atoms with Gasteiger partial charge in [-0.2, -0.15) is 0 Å². The second kappa shape index (κ2) is 7.48. The van der Waals surface area contributed by atoms with E-state index in [1.54, 1.807) is 6.07 Å². The van der Waals surface area contributed by atoms with Crippen LogP contribution in [0, 0.1) is 0 Å². The number of carbonyl (C=O) groups excluding carboxylic acids is 1. The van der Waals surface area contributed by atoms with Crippen LogP contribution in [0.5, 0.6) is 0 Å². The van der Waals surface area contributed by atoms with Crippen molar-refractivity contribution < 1.29 is 9.53 Å². The monoisotopic (exact) mass is 283 g/mol. The molecule has 0 aliphatic rings. The second-order valence-electron chi connectivity index (χ2n) is 4.91. The van der Waals surface area contributed by atoms with Gasteiger partial charge in [-0.3, -0.25) is 0 Å². The zero-order chi connectivity index (χ0) is 15.1. The molecule has 0 saturated heterocycles. The van der Waals surface area contributed by atoms with Gasteiger partial charge < -0.3 is 10.1 Å². The predicted molar refractivity (Wildman–Crippen MR) is 85.5 cm³/mol. The Balaban J connectivity index is 2.15. The maximum absolute atomic E-state index is 11.8. The van der Waals surface area contributed by atoms with Gasteiger partial charge in [-0.15, -0.1) is 0 Å². The van der Waals surface area contributed by atoms with E-state index in [1.807, 2.05) is 24.3 Å². The molecule has 0 atom stereocenters. The summed E-state index contributed by atoms with van der Waals surface area (Å²) < 4.78 is 4.82. The number of ether oxygens (including phenoxy) is 1. The summed E-state index contributed by atoms with van der Waals surface area (Å²) >= 11 is 0. The number of hydrogen-bond acceptors (Lipinski definition) is 3. The van der Waals surface area contributed by atoms with E-state index < -0.39 is 0 Å². The third-order valence-electron chi connectivity index (χ3n) is 3.43. The summed E-state index contributed by atoms with van der Waals surface area (Å²) in [6.45, 7) is 2.77. The fraction of sp³-hybridized carbons (Fsp3) is 0.278. The molecule has 3 nitrogen and oxygen atoms in total. The van der Waals surface area contributed by atoms with Crippen LogP contribution in [0.4, 0.5) is 5.69 Å². The standard InChI is InChI=1S/C18H21NO2/c1-3-8-14-9-5-7-12-17(14)19-13-15-10-4-6-11-16(15)18(20)21-2/h4-7,9-12,19H,3,8,13H2,1-2H3. The molecule has 0 bridgehead atoms. The van der Waals surface area contributed by atoms with Crippen LogP contribution in [-0.4, -0.2) is 13.1 Å². The molecular weight excluding hydrogens is 262 g/mol. The van der Waals surface area contributed by atoms with Crippen LogP contribution in [-0.2, 0) is 17.7 Å². The maximum Gasteiger partial charge on any atom is 0.338 e. The van der Waals surface area contributed by atoms with Crippen LogP contribution < -0.4 is 5.32 Å². The number of hydrogen-bond donors (Lipinski definition) is 1. The molecule has 2 rings (SSSR count). The molecule has 0 saturated carbocycles. The van der Waals surface area contributed by atoms with Crippen LogP contribution in [0.3, 0.4) is 0 Å². The summed E-state index contributed by atoms with van der Waals surface area (Å²) in [5, 5.41) is 3.43. The first-order valence-corrected chi connectivity index (χ1v) is 7.24. The van der Waals surface area contributed by atoms with Crippen LogP contribution in [0.1, 0.15) is 34.8 Å². The lowest BCUT2D eigenvalue weighted by Gasteiger charge is -2.13. The van der Waals surface area contributed by atoms with Crippen molar-refractivity contribution in [2.24, 2.45) is 0 Å². The number of anilines is 1. The third-order valence-corrected chi connectivity index (χ3v) is 3.43. The fourth-order valence-electron chi connectivity index (χ4n) is 2.35. The van der Waals surface area contributed by atoms with Crippen LogP contribution >= 0.6 is 0 Å². The lowest BCUT2D eigenvalue weighted by Crippen LogP contribution is -2.09. The van der Waals surface area contributed by atoms with Crippen molar-refractivity contribution in [2.45, 2.75) is 26.3 Å². The first kappa shape index (κ1) is 15.1. The Labute approximate surface area is 126 Å². The predicted octanol–water partition coefficient (Wildman–Crippen LogP) is 4.04. The lowest BCUT2D eigenvalue weighted by molar-refractivity contribution is 0.0599. The van der Waals surface area contributed by atoms with Gasteiger partial charge in [0.25, 0.3) is 0 Å². The van der Waals surface area contributed by atoms with E-state index in [1.165, 1.54) is 12.7 Å². The van der Waals surface area contributed by atoms with Crippen molar-refractivity contribution in [3.05, 3.63) is 65.2 Å². The zero-order valence-electron chi connectivity index (χ0n) is 12.6. The number of methoxy groups -OCH3 is 1. The van der Waals surface area contributed by atoms with Gasteiger partial charge in [-0.25, -0.2) is 4.79 Å². The Morgan fingerprint density at radius 3 is 2.43 bits per heavy atom. The molecule has 110 valence electrons. The number of aryl methyl sites for hydroxylation is 1. The summed E-state index contributed by atoms with van der Waals surface area (Å²) in [4.78, 5) is 11.8. The molecule has 0 spiro atoms. The number of esters is 1. The van der Waals surface area contributed by atoms with Crippen molar-refractivity contribution in [3.63, 3.8) is 0 Å². The molecule has 3 heteroatoms. The van der Waals surface area contributed by atoms with Crippen molar-refractivity contribution in [1.82, 2.24) is 0 Å². The summed E-state index contributed by atoms with van der Waals surface area (Å²) in [7, 11) is 1.41. The van der Waals surface area contributed by atoms with Gasteiger partial charge in [0.1, 0.15) is 0 Å². The van der Waals surface area contributed by atoms with Gasteiger partial charge in [0.2, 0.25) is 0 Å². The van der Waals surface area contributed by atoms with Crippen molar-refractivity contribution >= 4 is 11.7 Å². The van der Waals surface area contributed by atoms with E-state index in [4.69, 9.17) is 4.74 Å². The minimum Gasteiger partial charge on any atom is -0.465 e. The third kappa shape index (κ3) is 3.85. The van der Waals surface area contributed by atoms with Gasteiger partial charge in [-0.1, -0.05) is 49.7 Å².